The lowest BCUT2D eigenvalue weighted by Crippen LogP contribution is -2.43. The Morgan fingerprint density at radius 1 is 0.951 bits per heavy atom. The summed E-state index contributed by atoms with van der Waals surface area (Å²) in [6, 6.07) is 9.65. The molecule has 0 bridgehead atoms. The van der Waals surface area contributed by atoms with Crippen LogP contribution in [0, 0.1) is 18.9 Å². The van der Waals surface area contributed by atoms with Crippen molar-refractivity contribution in [2.45, 2.75) is 79.5 Å². The number of ether oxygens (including phenoxy) is 3. The molecule has 0 fully saturated rings. The molecule has 0 atom stereocenters. The molecule has 2 aromatic carbocycles. The lowest BCUT2D eigenvalue weighted by atomic mass is 9.91. The van der Waals surface area contributed by atoms with E-state index in [0.29, 0.717) is 28.7 Å². The summed E-state index contributed by atoms with van der Waals surface area (Å²) < 4.78 is 52.9. The van der Waals surface area contributed by atoms with Gasteiger partial charge in [0.1, 0.15) is 17.0 Å². The van der Waals surface area contributed by atoms with Crippen LogP contribution in [0.25, 0.3) is 11.1 Å². The molecule has 2 aromatic rings. The zero-order chi connectivity index (χ0) is 31.3. The number of imide groups is 1. The lowest BCUT2D eigenvalue weighted by Gasteiger charge is -2.30. The van der Waals surface area contributed by atoms with Crippen molar-refractivity contribution in [2.75, 3.05) is 11.9 Å². The third-order valence-corrected chi connectivity index (χ3v) is 5.37. The summed E-state index contributed by atoms with van der Waals surface area (Å²) in [4.78, 5) is 41.1. The second-order valence-electron chi connectivity index (χ2n) is 11.1. The van der Waals surface area contributed by atoms with Crippen molar-refractivity contribution >= 4 is 24.2 Å². The van der Waals surface area contributed by atoms with Gasteiger partial charge in [0.15, 0.2) is 6.29 Å². The summed E-state index contributed by atoms with van der Waals surface area (Å²) >= 11 is 0. The van der Waals surface area contributed by atoms with Gasteiger partial charge in [-0.3, -0.25) is 4.79 Å². The Bertz CT molecular complexity index is 1320. The predicted molar refractivity (Wildman–Crippen MR) is 149 cm³/mol. The number of aldehydes is 1. The summed E-state index contributed by atoms with van der Waals surface area (Å²) in [5, 5.41) is 0. The number of hydrogen-bond donors (Lipinski definition) is 0. The SMILES string of the molecule is CC#CN(C)c1c(C)c(-c2ccc(OC(F)(F)F)cc2)cc(CN(C(=O)OC(C)(C)C)C(=O)OC(C)(C)C)c1C=O. The van der Waals surface area contributed by atoms with Crippen LogP contribution in [0.15, 0.2) is 30.3 Å². The number of nitrogens with zero attached hydrogens (tertiary/aromatic N) is 2. The highest BCUT2D eigenvalue weighted by molar-refractivity contribution is 5.94. The van der Waals surface area contributed by atoms with Gasteiger partial charge >= 0.3 is 18.5 Å². The van der Waals surface area contributed by atoms with Crippen molar-refractivity contribution < 1.29 is 41.8 Å². The van der Waals surface area contributed by atoms with Gasteiger partial charge in [-0.2, -0.15) is 0 Å². The van der Waals surface area contributed by atoms with Gasteiger partial charge < -0.3 is 19.1 Å². The van der Waals surface area contributed by atoms with Gasteiger partial charge in [-0.1, -0.05) is 18.1 Å². The molecule has 8 nitrogen and oxygen atoms in total. The van der Waals surface area contributed by atoms with Crippen LogP contribution < -0.4 is 9.64 Å². The number of amides is 2. The van der Waals surface area contributed by atoms with Gasteiger partial charge in [0.05, 0.1) is 12.2 Å². The van der Waals surface area contributed by atoms with Crippen molar-refractivity contribution in [1.29, 1.82) is 0 Å². The number of anilines is 1. The van der Waals surface area contributed by atoms with E-state index in [-0.39, 0.29) is 11.1 Å². The first-order valence-corrected chi connectivity index (χ1v) is 12.6. The Kier molecular flexibility index (Phi) is 10.1. The lowest BCUT2D eigenvalue weighted by molar-refractivity contribution is -0.274. The molecule has 222 valence electrons. The minimum absolute atomic E-state index is 0.158. The van der Waals surface area contributed by atoms with E-state index >= 15 is 0 Å². The number of carbonyl (C=O) groups is 3. The zero-order valence-corrected chi connectivity index (χ0v) is 24.6. The molecule has 2 rings (SSSR count). The van der Waals surface area contributed by atoms with Crippen LogP contribution in [-0.4, -0.2) is 48.0 Å². The molecule has 0 spiro atoms. The van der Waals surface area contributed by atoms with Crippen molar-refractivity contribution in [3.63, 3.8) is 0 Å². The minimum atomic E-state index is -4.85. The average Bonchev–Trinajstić information content (AvgIpc) is 2.80. The first-order valence-electron chi connectivity index (χ1n) is 12.6. The summed E-state index contributed by atoms with van der Waals surface area (Å²) in [5.74, 6) is 2.36. The van der Waals surface area contributed by atoms with E-state index in [4.69, 9.17) is 9.47 Å². The van der Waals surface area contributed by atoms with Gasteiger partial charge in [0.2, 0.25) is 0 Å². The third kappa shape index (κ3) is 9.45. The van der Waals surface area contributed by atoms with Gasteiger partial charge in [0.25, 0.3) is 0 Å². The minimum Gasteiger partial charge on any atom is -0.443 e. The van der Waals surface area contributed by atoms with Crippen LogP contribution >= 0.6 is 0 Å². The molecule has 0 aliphatic heterocycles. The molecule has 0 radical (unpaired) electrons. The number of rotatable bonds is 6. The monoisotopic (exact) mass is 576 g/mol. The second kappa shape index (κ2) is 12.5. The molecular formula is C30H35F3N2O6. The van der Waals surface area contributed by atoms with Gasteiger partial charge in [0, 0.05) is 18.7 Å². The number of carbonyl (C=O) groups excluding carboxylic acids is 3. The molecule has 0 heterocycles. The fourth-order valence-corrected chi connectivity index (χ4v) is 3.90. The standard InChI is InChI=1S/C30H35F3N2O6/c1-10-15-34(9)25-19(2)23(20-11-13-22(14-12-20)39-30(31,32)33)16-21(24(25)18-36)17-35(26(37)40-28(3,4)5)27(38)41-29(6,7)8/h11-14,16,18H,17H2,1-9H3. The predicted octanol–water partition coefficient (Wildman–Crippen LogP) is 7.46. The molecular weight excluding hydrogens is 541 g/mol. The maximum absolute atomic E-state index is 13.2. The number of hydrogen-bond acceptors (Lipinski definition) is 7. The van der Waals surface area contributed by atoms with E-state index in [2.05, 4.69) is 16.7 Å². The van der Waals surface area contributed by atoms with Crippen LogP contribution in [0.4, 0.5) is 28.4 Å². The van der Waals surface area contributed by atoms with Crippen molar-refractivity contribution in [1.82, 2.24) is 4.90 Å². The van der Waals surface area contributed by atoms with E-state index < -0.39 is 42.0 Å². The van der Waals surface area contributed by atoms with Gasteiger partial charge in [-0.25, -0.2) is 14.5 Å². The van der Waals surface area contributed by atoms with Crippen LogP contribution in [0.5, 0.6) is 5.75 Å². The highest BCUT2D eigenvalue weighted by Gasteiger charge is 2.33. The first-order chi connectivity index (χ1) is 18.8. The molecule has 0 N–H and O–H groups in total. The maximum Gasteiger partial charge on any atom is 0.573 e. The molecule has 0 unspecified atom stereocenters. The van der Waals surface area contributed by atoms with E-state index in [1.807, 2.05) is 0 Å². The van der Waals surface area contributed by atoms with Crippen molar-refractivity contribution in [3.05, 3.63) is 47.0 Å². The fourth-order valence-electron chi connectivity index (χ4n) is 3.90. The van der Waals surface area contributed by atoms with Crippen LogP contribution in [-0.2, 0) is 16.0 Å². The van der Waals surface area contributed by atoms with Gasteiger partial charge in [-0.15, -0.1) is 13.2 Å². The molecule has 0 aliphatic rings. The first kappa shape index (κ1) is 33.0. The summed E-state index contributed by atoms with van der Waals surface area (Å²) in [6.07, 6.45) is -6.22. The Morgan fingerprint density at radius 2 is 1.46 bits per heavy atom. The Morgan fingerprint density at radius 3 is 1.88 bits per heavy atom. The second-order valence-corrected chi connectivity index (χ2v) is 11.1. The summed E-state index contributed by atoms with van der Waals surface area (Å²) in [7, 11) is 1.64. The number of benzene rings is 2. The third-order valence-electron chi connectivity index (χ3n) is 5.37. The van der Waals surface area contributed by atoms with E-state index in [1.165, 1.54) is 29.2 Å². The average molecular weight is 577 g/mol. The molecule has 0 aliphatic carbocycles. The normalized spacial score (nSPS) is 11.6. The molecule has 11 heteroatoms. The Labute approximate surface area is 238 Å². The maximum atomic E-state index is 13.2. The molecule has 0 saturated heterocycles. The number of alkyl halides is 3. The summed E-state index contributed by atoms with van der Waals surface area (Å²) in [6.45, 7) is 12.8. The molecule has 41 heavy (non-hydrogen) atoms. The Balaban J connectivity index is 2.77. The highest BCUT2D eigenvalue weighted by atomic mass is 19.4. The fraction of sp³-hybridized carbons (Fsp3) is 0.433. The molecule has 0 aromatic heterocycles. The topological polar surface area (TPSA) is 85.4 Å². The van der Waals surface area contributed by atoms with Crippen LogP contribution in [0.3, 0.4) is 0 Å². The van der Waals surface area contributed by atoms with E-state index in [0.717, 1.165) is 4.90 Å². The smallest absolute Gasteiger partial charge is 0.443 e. The molecule has 2 amide bonds. The van der Waals surface area contributed by atoms with Crippen LogP contribution in [0.1, 0.15) is 70.0 Å². The quantitative estimate of drug-likeness (QED) is 0.200. The highest BCUT2D eigenvalue weighted by Crippen LogP contribution is 2.37. The summed E-state index contributed by atoms with van der Waals surface area (Å²) in [5.41, 5.74) is 0.543. The Hall–Kier alpha value is -4.20. The zero-order valence-electron chi connectivity index (χ0n) is 24.6. The van der Waals surface area contributed by atoms with Gasteiger partial charge in [-0.05, 0) is 95.8 Å². The van der Waals surface area contributed by atoms with Crippen LogP contribution in [0.2, 0.25) is 0 Å². The van der Waals surface area contributed by atoms with E-state index in [9.17, 15) is 27.6 Å². The van der Waals surface area contributed by atoms with Crippen molar-refractivity contribution in [3.8, 4) is 28.8 Å². The molecule has 0 saturated carbocycles. The van der Waals surface area contributed by atoms with E-state index in [1.54, 1.807) is 68.5 Å². The number of halogens is 3. The van der Waals surface area contributed by atoms with Crippen molar-refractivity contribution in [2.24, 2.45) is 0 Å². The largest absolute Gasteiger partial charge is 0.573 e.